The van der Waals surface area contributed by atoms with Gasteiger partial charge in [-0.15, -0.1) is 0 Å². The van der Waals surface area contributed by atoms with Gasteiger partial charge in [-0.05, 0) is 55.2 Å². The van der Waals surface area contributed by atoms with E-state index in [9.17, 15) is 0 Å². The predicted molar refractivity (Wildman–Crippen MR) is 122 cm³/mol. The van der Waals surface area contributed by atoms with E-state index < -0.39 is 0 Å². The third kappa shape index (κ3) is 2.87. The SMILES string of the molecule is CC1=NC2c3nc(C)cc(-c4ccccc4)c3C=CC2(C)C(c2ccccc2)=C1. The lowest BCUT2D eigenvalue weighted by Crippen LogP contribution is -2.31. The second-order valence-corrected chi connectivity index (χ2v) is 8.19. The summed E-state index contributed by atoms with van der Waals surface area (Å²) >= 11 is 0. The molecule has 142 valence electrons. The molecule has 0 radical (unpaired) electrons. The molecular formula is C27H24N2. The first-order valence-electron chi connectivity index (χ1n) is 10.1. The Labute approximate surface area is 172 Å². The normalized spacial score (nSPS) is 22.4. The van der Waals surface area contributed by atoms with Crippen molar-refractivity contribution >= 4 is 17.4 Å². The molecular weight excluding hydrogens is 352 g/mol. The van der Waals surface area contributed by atoms with Crippen LogP contribution in [0.2, 0.25) is 0 Å². The Balaban J connectivity index is 1.72. The summed E-state index contributed by atoms with van der Waals surface area (Å²) in [6.45, 7) is 6.46. The zero-order chi connectivity index (χ0) is 20.0. The Kier molecular flexibility index (Phi) is 4.09. The average Bonchev–Trinajstić information content (AvgIpc) is 2.74. The minimum absolute atomic E-state index is 0.0231. The average molecular weight is 377 g/mol. The maximum Gasteiger partial charge on any atom is 0.106 e. The van der Waals surface area contributed by atoms with Crippen LogP contribution in [0.5, 0.6) is 0 Å². The lowest BCUT2D eigenvalue weighted by Gasteiger charge is -2.41. The van der Waals surface area contributed by atoms with Crippen LogP contribution in [0.15, 0.2) is 83.9 Å². The lowest BCUT2D eigenvalue weighted by atomic mass is 9.66. The van der Waals surface area contributed by atoms with Gasteiger partial charge in [0.1, 0.15) is 6.04 Å². The Morgan fingerprint density at radius 2 is 1.52 bits per heavy atom. The molecule has 2 unspecified atom stereocenters. The standard InChI is InChI=1S/C27H24N2/c1-18-16-23(20-10-6-4-7-11-20)22-14-15-27(3)24(21-12-8-5-9-13-21)17-19(2)29-26(27)25(22)28-18/h4-17,26H,1-3H3. The number of hydrogen-bond acceptors (Lipinski definition) is 2. The number of aliphatic imine (C=N–C) groups is 1. The fourth-order valence-corrected chi connectivity index (χ4v) is 4.63. The fraction of sp³-hybridized carbons (Fsp3) is 0.185. The van der Waals surface area contributed by atoms with E-state index in [-0.39, 0.29) is 11.5 Å². The minimum atomic E-state index is -0.220. The summed E-state index contributed by atoms with van der Waals surface area (Å²) in [6.07, 6.45) is 6.82. The Morgan fingerprint density at radius 3 is 2.21 bits per heavy atom. The number of rotatable bonds is 2. The first kappa shape index (κ1) is 17.8. The highest BCUT2D eigenvalue weighted by atomic mass is 14.9. The monoisotopic (exact) mass is 376 g/mol. The third-order valence-corrected chi connectivity index (χ3v) is 6.08. The van der Waals surface area contributed by atoms with E-state index in [0.29, 0.717) is 0 Å². The number of aryl methyl sites for hydroxylation is 1. The molecule has 0 amide bonds. The molecule has 5 rings (SSSR count). The number of allylic oxidation sites excluding steroid dienone is 1. The first-order valence-corrected chi connectivity index (χ1v) is 10.1. The van der Waals surface area contributed by atoms with Crippen LogP contribution in [0.1, 0.15) is 42.4 Å². The van der Waals surface area contributed by atoms with Gasteiger partial charge in [0.15, 0.2) is 0 Å². The van der Waals surface area contributed by atoms with E-state index in [1.807, 2.05) is 0 Å². The highest BCUT2D eigenvalue weighted by molar-refractivity contribution is 6.03. The van der Waals surface area contributed by atoms with Crippen LogP contribution in [-0.4, -0.2) is 10.7 Å². The van der Waals surface area contributed by atoms with Gasteiger partial charge in [-0.1, -0.05) is 72.8 Å². The van der Waals surface area contributed by atoms with Crippen molar-refractivity contribution in [3.05, 3.63) is 101 Å². The summed E-state index contributed by atoms with van der Waals surface area (Å²) in [5, 5.41) is 0. The van der Waals surface area contributed by atoms with Crippen molar-refractivity contribution in [2.75, 3.05) is 0 Å². The number of fused-ring (bicyclic) bond motifs is 3. The van der Waals surface area contributed by atoms with Crippen molar-refractivity contribution in [3.8, 4) is 11.1 Å². The molecule has 2 atom stereocenters. The predicted octanol–water partition coefficient (Wildman–Crippen LogP) is 6.69. The van der Waals surface area contributed by atoms with Gasteiger partial charge in [0.05, 0.1) is 5.69 Å². The molecule has 0 spiro atoms. The number of nitrogens with zero attached hydrogens (tertiary/aromatic N) is 2. The molecule has 2 nitrogen and oxygen atoms in total. The van der Waals surface area contributed by atoms with E-state index >= 15 is 0 Å². The minimum Gasteiger partial charge on any atom is -0.279 e. The van der Waals surface area contributed by atoms with Crippen molar-refractivity contribution in [3.63, 3.8) is 0 Å². The molecule has 0 fully saturated rings. The van der Waals surface area contributed by atoms with Crippen LogP contribution in [0.3, 0.4) is 0 Å². The summed E-state index contributed by atoms with van der Waals surface area (Å²) in [5.74, 6) is 0. The highest BCUT2D eigenvalue weighted by Gasteiger charge is 2.43. The first-order chi connectivity index (χ1) is 14.1. The topological polar surface area (TPSA) is 25.2 Å². The van der Waals surface area contributed by atoms with Gasteiger partial charge in [0, 0.05) is 22.4 Å². The molecule has 2 aromatic carbocycles. The molecule has 1 aliphatic carbocycles. The molecule has 2 aliphatic rings. The molecule has 2 heterocycles. The van der Waals surface area contributed by atoms with Crippen LogP contribution < -0.4 is 0 Å². The molecule has 0 saturated carbocycles. The molecule has 1 aliphatic heterocycles. The second-order valence-electron chi connectivity index (χ2n) is 8.19. The largest absolute Gasteiger partial charge is 0.279 e. The molecule has 29 heavy (non-hydrogen) atoms. The van der Waals surface area contributed by atoms with Gasteiger partial charge < -0.3 is 0 Å². The molecule has 2 heteroatoms. The Morgan fingerprint density at radius 1 is 0.862 bits per heavy atom. The second kappa shape index (κ2) is 6.66. The van der Waals surface area contributed by atoms with Gasteiger partial charge >= 0.3 is 0 Å². The van der Waals surface area contributed by atoms with Crippen LogP contribution >= 0.6 is 0 Å². The molecule has 0 bridgehead atoms. The van der Waals surface area contributed by atoms with Crippen molar-refractivity contribution in [1.29, 1.82) is 0 Å². The number of benzene rings is 2. The van der Waals surface area contributed by atoms with Crippen molar-refractivity contribution < 1.29 is 0 Å². The smallest absolute Gasteiger partial charge is 0.106 e. The molecule has 0 saturated heterocycles. The van der Waals surface area contributed by atoms with E-state index in [1.165, 1.54) is 27.8 Å². The number of pyridine rings is 1. The summed E-state index contributed by atoms with van der Waals surface area (Å²) in [7, 11) is 0. The molecule has 3 aromatic rings. The molecule has 0 N–H and O–H groups in total. The van der Waals surface area contributed by atoms with Crippen molar-refractivity contribution in [2.45, 2.75) is 26.8 Å². The van der Waals surface area contributed by atoms with Crippen LogP contribution in [0.25, 0.3) is 22.8 Å². The number of hydrogen-bond donors (Lipinski definition) is 0. The van der Waals surface area contributed by atoms with E-state index in [4.69, 9.17) is 9.98 Å². The summed E-state index contributed by atoms with van der Waals surface area (Å²) in [4.78, 5) is 10.1. The van der Waals surface area contributed by atoms with Gasteiger partial charge in [-0.2, -0.15) is 0 Å². The maximum absolute atomic E-state index is 5.10. The van der Waals surface area contributed by atoms with Gasteiger partial charge in [0.2, 0.25) is 0 Å². The van der Waals surface area contributed by atoms with Crippen molar-refractivity contribution in [1.82, 2.24) is 4.98 Å². The summed E-state index contributed by atoms with van der Waals surface area (Å²) in [6, 6.07) is 23.4. The fourth-order valence-electron chi connectivity index (χ4n) is 4.63. The van der Waals surface area contributed by atoms with Gasteiger partial charge in [0.25, 0.3) is 0 Å². The van der Waals surface area contributed by atoms with Crippen LogP contribution in [0.4, 0.5) is 0 Å². The van der Waals surface area contributed by atoms with Crippen LogP contribution in [-0.2, 0) is 0 Å². The Bertz CT molecular complexity index is 1170. The third-order valence-electron chi connectivity index (χ3n) is 6.08. The Hall–Kier alpha value is -3.26. The summed E-state index contributed by atoms with van der Waals surface area (Å²) < 4.78 is 0. The lowest BCUT2D eigenvalue weighted by molar-refractivity contribution is 0.437. The number of dihydropyridines is 1. The van der Waals surface area contributed by atoms with Gasteiger partial charge in [-0.25, -0.2) is 0 Å². The zero-order valence-corrected chi connectivity index (χ0v) is 17.1. The van der Waals surface area contributed by atoms with Gasteiger partial charge in [-0.3, -0.25) is 9.98 Å². The maximum atomic E-state index is 5.10. The quantitative estimate of drug-likeness (QED) is 0.489. The summed E-state index contributed by atoms with van der Waals surface area (Å²) in [5.41, 5.74) is 9.14. The zero-order valence-electron chi connectivity index (χ0n) is 17.1. The highest BCUT2D eigenvalue weighted by Crippen LogP contribution is 2.54. The number of aromatic nitrogens is 1. The van der Waals surface area contributed by atoms with E-state index in [1.54, 1.807) is 0 Å². The van der Waals surface area contributed by atoms with E-state index in [0.717, 1.165) is 17.1 Å². The van der Waals surface area contributed by atoms with E-state index in [2.05, 4.69) is 106 Å². The molecule has 1 aromatic heterocycles. The van der Waals surface area contributed by atoms with Crippen molar-refractivity contribution in [2.24, 2.45) is 10.4 Å². The van der Waals surface area contributed by atoms with Crippen LogP contribution in [0, 0.1) is 12.3 Å².